The van der Waals surface area contributed by atoms with Crippen LogP contribution in [0.3, 0.4) is 0 Å². The van der Waals surface area contributed by atoms with Crippen LogP contribution < -0.4 is 5.32 Å². The van der Waals surface area contributed by atoms with Crippen LogP contribution in [0.15, 0.2) is 12.2 Å². The van der Waals surface area contributed by atoms with Gasteiger partial charge in [-0.3, -0.25) is 0 Å². The van der Waals surface area contributed by atoms with Gasteiger partial charge in [0.2, 0.25) is 0 Å². The van der Waals surface area contributed by atoms with Crippen molar-refractivity contribution in [2.45, 2.75) is 39.2 Å². The van der Waals surface area contributed by atoms with Gasteiger partial charge in [-0.2, -0.15) is 0 Å². The molecule has 2 heteroatoms. The number of allylic oxidation sites excluding steroid dienone is 1. The molecule has 0 saturated heterocycles. The summed E-state index contributed by atoms with van der Waals surface area (Å²) in [5.41, 5.74) is 0. The fraction of sp³-hybridized carbons (Fsp3) is 0.833. The SMILES string of the molecule is CCC1CCC(NC/C=C/CCl)C1C. The molecule has 0 aromatic heterocycles. The average molecular weight is 216 g/mol. The second-order valence-corrected chi connectivity index (χ2v) is 4.55. The summed E-state index contributed by atoms with van der Waals surface area (Å²) >= 11 is 5.56. The summed E-state index contributed by atoms with van der Waals surface area (Å²) in [6.07, 6.45) is 8.20. The van der Waals surface area contributed by atoms with Gasteiger partial charge in [-0.1, -0.05) is 32.4 Å². The monoisotopic (exact) mass is 215 g/mol. The zero-order valence-electron chi connectivity index (χ0n) is 9.30. The Morgan fingerprint density at radius 1 is 1.36 bits per heavy atom. The molecule has 82 valence electrons. The van der Waals surface area contributed by atoms with Crippen molar-refractivity contribution in [3.63, 3.8) is 0 Å². The van der Waals surface area contributed by atoms with Crippen molar-refractivity contribution >= 4 is 11.6 Å². The molecule has 1 saturated carbocycles. The summed E-state index contributed by atoms with van der Waals surface area (Å²) in [6, 6.07) is 0.722. The van der Waals surface area contributed by atoms with Crippen molar-refractivity contribution in [2.75, 3.05) is 12.4 Å². The molecule has 1 N–H and O–H groups in total. The van der Waals surface area contributed by atoms with E-state index in [0.717, 1.165) is 24.4 Å². The topological polar surface area (TPSA) is 12.0 Å². The predicted octanol–water partition coefficient (Wildman–Crippen LogP) is 3.20. The van der Waals surface area contributed by atoms with Crippen LogP contribution in [0.5, 0.6) is 0 Å². The van der Waals surface area contributed by atoms with E-state index in [1.165, 1.54) is 19.3 Å². The van der Waals surface area contributed by atoms with Crippen LogP contribution in [0.4, 0.5) is 0 Å². The predicted molar refractivity (Wildman–Crippen MR) is 63.8 cm³/mol. The van der Waals surface area contributed by atoms with Crippen LogP contribution in [0.25, 0.3) is 0 Å². The van der Waals surface area contributed by atoms with E-state index < -0.39 is 0 Å². The summed E-state index contributed by atoms with van der Waals surface area (Å²) < 4.78 is 0. The Kier molecular flexibility index (Phi) is 5.57. The highest BCUT2D eigenvalue weighted by molar-refractivity contribution is 6.18. The summed E-state index contributed by atoms with van der Waals surface area (Å²) in [5.74, 6) is 2.40. The summed E-state index contributed by atoms with van der Waals surface area (Å²) in [6.45, 7) is 5.65. The smallest absolute Gasteiger partial charge is 0.0404 e. The van der Waals surface area contributed by atoms with Crippen LogP contribution in [-0.4, -0.2) is 18.5 Å². The standard InChI is InChI=1S/C12H22ClN/c1-3-11-6-7-12(10(11)2)14-9-5-4-8-13/h4-5,10-12,14H,3,6-9H2,1-2H3/b5-4+. The molecule has 1 fully saturated rings. The van der Waals surface area contributed by atoms with Crippen molar-refractivity contribution in [3.05, 3.63) is 12.2 Å². The van der Waals surface area contributed by atoms with Crippen molar-refractivity contribution in [1.82, 2.24) is 5.32 Å². The number of nitrogens with one attached hydrogen (secondary N) is 1. The highest BCUT2D eigenvalue weighted by atomic mass is 35.5. The van der Waals surface area contributed by atoms with Crippen LogP contribution in [0.2, 0.25) is 0 Å². The molecule has 1 aliphatic carbocycles. The fourth-order valence-electron chi connectivity index (χ4n) is 2.48. The largest absolute Gasteiger partial charge is 0.310 e. The maximum absolute atomic E-state index is 5.56. The van der Waals surface area contributed by atoms with E-state index in [1.54, 1.807) is 0 Å². The first-order valence-corrected chi connectivity index (χ1v) is 6.27. The van der Waals surface area contributed by atoms with E-state index in [1.807, 2.05) is 6.08 Å². The van der Waals surface area contributed by atoms with Gasteiger partial charge in [0.15, 0.2) is 0 Å². The first-order chi connectivity index (χ1) is 6.79. The zero-order valence-corrected chi connectivity index (χ0v) is 10.1. The molecule has 0 radical (unpaired) electrons. The number of rotatable bonds is 5. The van der Waals surface area contributed by atoms with Gasteiger partial charge in [0.05, 0.1) is 0 Å². The third-order valence-electron chi connectivity index (χ3n) is 3.50. The molecular formula is C12H22ClN. The van der Waals surface area contributed by atoms with Gasteiger partial charge < -0.3 is 5.32 Å². The molecule has 0 amide bonds. The van der Waals surface area contributed by atoms with Crippen molar-refractivity contribution in [2.24, 2.45) is 11.8 Å². The molecule has 1 nitrogen and oxygen atoms in total. The molecule has 0 spiro atoms. The molecule has 0 aromatic rings. The lowest BCUT2D eigenvalue weighted by Gasteiger charge is -2.20. The minimum absolute atomic E-state index is 0.624. The number of halogens is 1. The fourth-order valence-corrected chi connectivity index (χ4v) is 2.60. The van der Waals surface area contributed by atoms with E-state index in [9.17, 15) is 0 Å². The number of hydrogen-bond acceptors (Lipinski definition) is 1. The number of hydrogen-bond donors (Lipinski definition) is 1. The first-order valence-electron chi connectivity index (χ1n) is 5.74. The van der Waals surface area contributed by atoms with E-state index in [2.05, 4.69) is 25.2 Å². The first kappa shape index (κ1) is 12.1. The molecule has 3 unspecified atom stereocenters. The highest BCUT2D eigenvalue weighted by Crippen LogP contribution is 2.33. The Hall–Kier alpha value is -0.0100. The third kappa shape index (κ3) is 3.29. The minimum atomic E-state index is 0.624. The zero-order chi connectivity index (χ0) is 10.4. The molecule has 0 aromatic carbocycles. The van der Waals surface area contributed by atoms with Crippen molar-refractivity contribution in [3.8, 4) is 0 Å². The van der Waals surface area contributed by atoms with Crippen LogP contribution >= 0.6 is 11.6 Å². The van der Waals surface area contributed by atoms with Gasteiger partial charge in [-0.05, 0) is 24.7 Å². The van der Waals surface area contributed by atoms with E-state index in [4.69, 9.17) is 11.6 Å². The molecule has 1 rings (SSSR count). The lowest BCUT2D eigenvalue weighted by molar-refractivity contribution is 0.352. The molecule has 0 heterocycles. The Morgan fingerprint density at radius 2 is 2.14 bits per heavy atom. The molecular weight excluding hydrogens is 194 g/mol. The third-order valence-corrected chi connectivity index (χ3v) is 3.68. The summed E-state index contributed by atoms with van der Waals surface area (Å²) in [7, 11) is 0. The van der Waals surface area contributed by atoms with Gasteiger partial charge in [-0.15, -0.1) is 11.6 Å². The molecule has 3 atom stereocenters. The number of alkyl halides is 1. The van der Waals surface area contributed by atoms with Crippen molar-refractivity contribution < 1.29 is 0 Å². The summed E-state index contributed by atoms with van der Waals surface area (Å²) in [5, 5.41) is 3.59. The lowest BCUT2D eigenvalue weighted by Crippen LogP contribution is -2.32. The van der Waals surface area contributed by atoms with Gasteiger partial charge in [0, 0.05) is 18.5 Å². The molecule has 1 aliphatic rings. The lowest BCUT2D eigenvalue weighted by atomic mass is 9.93. The minimum Gasteiger partial charge on any atom is -0.310 e. The van der Waals surface area contributed by atoms with Crippen LogP contribution in [0.1, 0.15) is 33.1 Å². The van der Waals surface area contributed by atoms with E-state index in [-0.39, 0.29) is 0 Å². The molecule has 0 aliphatic heterocycles. The highest BCUT2D eigenvalue weighted by Gasteiger charge is 2.30. The van der Waals surface area contributed by atoms with Gasteiger partial charge >= 0.3 is 0 Å². The Balaban J connectivity index is 2.22. The van der Waals surface area contributed by atoms with E-state index >= 15 is 0 Å². The summed E-state index contributed by atoms with van der Waals surface area (Å²) in [4.78, 5) is 0. The Bertz CT molecular complexity index is 179. The second-order valence-electron chi connectivity index (χ2n) is 4.25. The Morgan fingerprint density at radius 3 is 2.71 bits per heavy atom. The van der Waals surface area contributed by atoms with Crippen LogP contribution in [-0.2, 0) is 0 Å². The average Bonchev–Trinajstić information content (AvgIpc) is 2.55. The van der Waals surface area contributed by atoms with Gasteiger partial charge in [0.1, 0.15) is 0 Å². The van der Waals surface area contributed by atoms with Crippen LogP contribution in [0, 0.1) is 11.8 Å². The second kappa shape index (κ2) is 6.47. The van der Waals surface area contributed by atoms with Gasteiger partial charge in [0.25, 0.3) is 0 Å². The maximum Gasteiger partial charge on any atom is 0.0404 e. The van der Waals surface area contributed by atoms with Gasteiger partial charge in [-0.25, -0.2) is 0 Å². The van der Waals surface area contributed by atoms with E-state index in [0.29, 0.717) is 5.88 Å². The van der Waals surface area contributed by atoms with Crippen molar-refractivity contribution in [1.29, 1.82) is 0 Å². The quantitative estimate of drug-likeness (QED) is 0.549. The Labute approximate surface area is 92.9 Å². The molecule has 0 bridgehead atoms. The molecule has 14 heavy (non-hydrogen) atoms. The normalized spacial score (nSPS) is 32.9. The maximum atomic E-state index is 5.56.